The topological polar surface area (TPSA) is 15.7 Å². The molecule has 0 unspecified atom stereocenters. The second-order valence-electron chi connectivity index (χ2n) is 4.61. The van der Waals surface area contributed by atoms with Crippen molar-refractivity contribution in [2.24, 2.45) is 0 Å². The van der Waals surface area contributed by atoms with Gasteiger partial charge in [-0.25, -0.2) is 0 Å². The molecule has 0 radical (unpaired) electrons. The molecule has 3 nitrogen and oxygen atoms in total. The predicted octanol–water partition coefficient (Wildman–Crippen LogP) is 0.801. The molecule has 0 spiro atoms. The maximum absolute atomic E-state index is 6.04. The van der Waals surface area contributed by atoms with Crippen LogP contribution in [0.25, 0.3) is 0 Å². The van der Waals surface area contributed by atoms with Gasteiger partial charge in [0.2, 0.25) is 0 Å². The fourth-order valence-corrected chi connectivity index (χ4v) is 2.26. The van der Waals surface area contributed by atoms with Gasteiger partial charge in [-0.15, -0.1) is 0 Å². The molecule has 0 N–H and O–H groups in total. The minimum atomic E-state index is 0.531. The van der Waals surface area contributed by atoms with Crippen LogP contribution in [0.4, 0.5) is 0 Å². The molecule has 2 heterocycles. The number of nitrogens with zero attached hydrogens (tertiary/aromatic N) is 2. The second-order valence-corrected chi connectivity index (χ2v) is 4.61. The van der Waals surface area contributed by atoms with Crippen LogP contribution in [0.2, 0.25) is 0 Å². The van der Waals surface area contributed by atoms with Crippen LogP contribution in [0, 0.1) is 0 Å². The molecular weight excluding hydrogens is 176 g/mol. The van der Waals surface area contributed by atoms with E-state index in [1.807, 2.05) is 0 Å². The molecule has 0 aromatic carbocycles. The molecular formula is C11H22N2O. The zero-order valence-corrected chi connectivity index (χ0v) is 9.41. The molecule has 3 heteroatoms. The molecule has 2 rings (SSSR count). The van der Waals surface area contributed by atoms with Crippen molar-refractivity contribution in [1.29, 1.82) is 0 Å². The quantitative estimate of drug-likeness (QED) is 0.667. The molecule has 82 valence electrons. The lowest BCUT2D eigenvalue weighted by Crippen LogP contribution is -2.53. The molecule has 0 saturated carbocycles. The average Bonchev–Trinajstić information content (AvgIpc) is 2.13. The number of likely N-dealkylation sites (tertiary alicyclic amines) is 2. The van der Waals surface area contributed by atoms with Crippen LogP contribution in [-0.2, 0) is 4.74 Å². The van der Waals surface area contributed by atoms with Crippen LogP contribution in [-0.4, -0.2) is 61.8 Å². The third kappa shape index (κ3) is 2.47. The van der Waals surface area contributed by atoms with Gasteiger partial charge < -0.3 is 9.64 Å². The Balaban J connectivity index is 1.62. The van der Waals surface area contributed by atoms with Crippen LogP contribution >= 0.6 is 0 Å². The van der Waals surface area contributed by atoms with Crippen molar-refractivity contribution in [2.75, 3.05) is 39.8 Å². The number of hydrogen-bond acceptors (Lipinski definition) is 3. The van der Waals surface area contributed by atoms with E-state index in [2.05, 4.69) is 23.8 Å². The van der Waals surface area contributed by atoms with Crippen LogP contribution in [0.3, 0.4) is 0 Å². The van der Waals surface area contributed by atoms with Gasteiger partial charge in [0.1, 0.15) is 0 Å². The fraction of sp³-hybridized carbons (Fsp3) is 1.00. The van der Waals surface area contributed by atoms with Crippen molar-refractivity contribution in [1.82, 2.24) is 9.80 Å². The first-order valence-corrected chi connectivity index (χ1v) is 5.84. The summed E-state index contributed by atoms with van der Waals surface area (Å²) >= 11 is 0. The highest BCUT2D eigenvalue weighted by Crippen LogP contribution is 2.18. The van der Waals surface area contributed by atoms with Crippen LogP contribution in [0.1, 0.15) is 19.8 Å². The van der Waals surface area contributed by atoms with E-state index in [0.717, 1.165) is 13.1 Å². The van der Waals surface area contributed by atoms with Gasteiger partial charge in [-0.05, 0) is 26.4 Å². The number of ether oxygens (including phenoxy) is 1. The Hall–Kier alpha value is -0.120. The first-order valence-electron chi connectivity index (χ1n) is 5.84. The van der Waals surface area contributed by atoms with E-state index in [4.69, 9.17) is 4.74 Å². The van der Waals surface area contributed by atoms with Gasteiger partial charge in [0, 0.05) is 26.2 Å². The monoisotopic (exact) mass is 198 g/mol. The Labute approximate surface area is 87.0 Å². The second kappa shape index (κ2) is 4.60. The molecule has 0 bridgehead atoms. The lowest BCUT2D eigenvalue weighted by Gasteiger charge is -2.41. The van der Waals surface area contributed by atoms with E-state index in [-0.39, 0.29) is 0 Å². The first-order chi connectivity index (χ1) is 6.78. The summed E-state index contributed by atoms with van der Waals surface area (Å²) in [4.78, 5) is 4.82. The summed E-state index contributed by atoms with van der Waals surface area (Å²) < 4.78 is 6.04. The summed E-state index contributed by atoms with van der Waals surface area (Å²) in [5.41, 5.74) is 0. The van der Waals surface area contributed by atoms with Gasteiger partial charge in [0.15, 0.2) is 0 Å². The average molecular weight is 198 g/mol. The van der Waals surface area contributed by atoms with E-state index in [0.29, 0.717) is 12.2 Å². The van der Waals surface area contributed by atoms with Gasteiger partial charge in [0.05, 0.1) is 12.2 Å². The Morgan fingerprint density at radius 1 is 1.14 bits per heavy atom. The predicted molar refractivity (Wildman–Crippen MR) is 57.5 cm³/mol. The Morgan fingerprint density at radius 2 is 1.79 bits per heavy atom. The molecule has 0 amide bonds. The largest absolute Gasteiger partial charge is 0.372 e. The smallest absolute Gasteiger partial charge is 0.0832 e. The normalized spacial score (nSPS) is 27.9. The van der Waals surface area contributed by atoms with Crippen molar-refractivity contribution in [2.45, 2.75) is 32.0 Å². The van der Waals surface area contributed by atoms with Crippen molar-refractivity contribution in [3.63, 3.8) is 0 Å². The van der Waals surface area contributed by atoms with Crippen LogP contribution in [0.5, 0.6) is 0 Å². The molecule has 0 aromatic rings. The van der Waals surface area contributed by atoms with E-state index in [1.165, 1.54) is 32.5 Å². The van der Waals surface area contributed by atoms with Gasteiger partial charge in [0.25, 0.3) is 0 Å². The van der Waals surface area contributed by atoms with Crippen molar-refractivity contribution < 1.29 is 4.74 Å². The van der Waals surface area contributed by atoms with E-state index in [1.54, 1.807) is 0 Å². The molecule has 2 fully saturated rings. The van der Waals surface area contributed by atoms with Crippen LogP contribution in [0.15, 0.2) is 0 Å². The van der Waals surface area contributed by atoms with Crippen molar-refractivity contribution in [3.8, 4) is 0 Å². The lowest BCUT2D eigenvalue weighted by molar-refractivity contribution is -0.104. The highest BCUT2D eigenvalue weighted by atomic mass is 16.5. The summed E-state index contributed by atoms with van der Waals surface area (Å²) in [5.74, 6) is 0. The van der Waals surface area contributed by atoms with Gasteiger partial charge in [-0.2, -0.15) is 0 Å². The van der Waals surface area contributed by atoms with E-state index in [9.17, 15) is 0 Å². The summed E-state index contributed by atoms with van der Waals surface area (Å²) in [5, 5.41) is 0. The molecule has 0 aromatic heterocycles. The Bertz CT molecular complexity index is 172. The zero-order valence-electron chi connectivity index (χ0n) is 9.41. The summed E-state index contributed by atoms with van der Waals surface area (Å²) in [6, 6.07) is 0. The van der Waals surface area contributed by atoms with E-state index >= 15 is 0 Å². The molecule has 14 heavy (non-hydrogen) atoms. The number of likely N-dealkylation sites (N-methyl/N-ethyl adjacent to an activating group) is 1. The number of rotatable bonds is 3. The van der Waals surface area contributed by atoms with Crippen molar-refractivity contribution >= 4 is 0 Å². The minimum absolute atomic E-state index is 0.531. The lowest BCUT2D eigenvalue weighted by atomic mass is 10.1. The van der Waals surface area contributed by atoms with Crippen molar-refractivity contribution in [3.05, 3.63) is 0 Å². The first kappa shape index (κ1) is 10.4. The zero-order chi connectivity index (χ0) is 9.97. The third-order valence-corrected chi connectivity index (χ3v) is 3.42. The fourth-order valence-electron chi connectivity index (χ4n) is 2.26. The third-order valence-electron chi connectivity index (χ3n) is 3.42. The highest BCUT2D eigenvalue weighted by molar-refractivity contribution is 4.82. The molecule has 0 aliphatic carbocycles. The molecule has 0 atom stereocenters. The SMILES string of the molecule is CCN1CC(OC2CCN(C)CC2)C1. The summed E-state index contributed by atoms with van der Waals surface area (Å²) in [6.07, 6.45) is 3.51. The van der Waals surface area contributed by atoms with Gasteiger partial charge in [-0.3, -0.25) is 4.90 Å². The highest BCUT2D eigenvalue weighted by Gasteiger charge is 2.29. The van der Waals surface area contributed by atoms with Gasteiger partial charge in [-0.1, -0.05) is 6.92 Å². The minimum Gasteiger partial charge on any atom is -0.372 e. The maximum Gasteiger partial charge on any atom is 0.0832 e. The maximum atomic E-state index is 6.04. The molecule has 2 aliphatic rings. The van der Waals surface area contributed by atoms with Gasteiger partial charge >= 0.3 is 0 Å². The summed E-state index contributed by atoms with van der Waals surface area (Å²) in [6.45, 7) is 8.11. The number of hydrogen-bond donors (Lipinski definition) is 0. The Morgan fingerprint density at radius 3 is 2.36 bits per heavy atom. The van der Waals surface area contributed by atoms with Crippen LogP contribution < -0.4 is 0 Å². The number of piperidine rings is 1. The molecule has 2 saturated heterocycles. The molecule has 2 aliphatic heterocycles. The standard InChI is InChI=1S/C11H22N2O/c1-3-13-8-11(9-13)14-10-4-6-12(2)7-5-10/h10-11H,3-9H2,1-2H3. The van der Waals surface area contributed by atoms with E-state index < -0.39 is 0 Å². The summed E-state index contributed by atoms with van der Waals surface area (Å²) in [7, 11) is 2.19. The Kier molecular flexibility index (Phi) is 3.42.